The Bertz CT molecular complexity index is 348. The minimum Gasteiger partial charge on any atom is -0.363 e. The molecule has 15 heavy (non-hydrogen) atoms. The number of halogens is 3. The number of hydrogen-bond donors (Lipinski definition) is 1. The van der Waals surface area contributed by atoms with Gasteiger partial charge in [-0.2, -0.15) is 18.2 Å². The van der Waals surface area contributed by atoms with Gasteiger partial charge in [0.25, 0.3) is 0 Å². The molecule has 1 aromatic rings. The van der Waals surface area contributed by atoms with Gasteiger partial charge in [-0.15, -0.1) is 0 Å². The first-order chi connectivity index (χ1) is 6.84. The Kier molecular flexibility index (Phi) is 3.01. The van der Waals surface area contributed by atoms with E-state index >= 15 is 0 Å². The van der Waals surface area contributed by atoms with Crippen molar-refractivity contribution in [2.45, 2.75) is 6.18 Å². The van der Waals surface area contributed by atoms with Crippen molar-refractivity contribution in [1.29, 1.82) is 0 Å². The monoisotopic (exact) mass is 220 g/mol. The lowest BCUT2D eigenvalue weighted by molar-refractivity contribution is -0.141. The third-order valence-electron chi connectivity index (χ3n) is 1.68. The van der Waals surface area contributed by atoms with Gasteiger partial charge < -0.3 is 10.2 Å². The van der Waals surface area contributed by atoms with E-state index in [1.807, 2.05) is 0 Å². The summed E-state index contributed by atoms with van der Waals surface area (Å²) in [5, 5.41) is 2.49. The van der Waals surface area contributed by atoms with Gasteiger partial charge in [-0.1, -0.05) is 0 Å². The number of nitrogens with zero attached hydrogens (tertiary/aromatic N) is 3. The van der Waals surface area contributed by atoms with Crippen LogP contribution in [0, 0.1) is 0 Å². The zero-order valence-electron chi connectivity index (χ0n) is 8.55. The second-order valence-corrected chi connectivity index (χ2v) is 3.08. The third kappa shape index (κ3) is 2.71. The van der Waals surface area contributed by atoms with Crippen LogP contribution in [0.1, 0.15) is 5.69 Å². The SMILES string of the molecule is CNc1nc(N(C)C)cc(C(F)(F)F)n1. The second kappa shape index (κ2) is 3.92. The molecule has 0 saturated heterocycles. The molecule has 4 nitrogen and oxygen atoms in total. The summed E-state index contributed by atoms with van der Waals surface area (Å²) in [6.07, 6.45) is -4.46. The predicted octanol–water partition coefficient (Wildman–Crippen LogP) is 1.60. The number of nitrogens with one attached hydrogen (secondary N) is 1. The van der Waals surface area contributed by atoms with Crippen LogP contribution < -0.4 is 10.2 Å². The quantitative estimate of drug-likeness (QED) is 0.822. The summed E-state index contributed by atoms with van der Waals surface area (Å²) in [7, 11) is 4.69. The van der Waals surface area contributed by atoms with Crippen molar-refractivity contribution in [3.05, 3.63) is 11.8 Å². The van der Waals surface area contributed by atoms with E-state index in [9.17, 15) is 13.2 Å². The topological polar surface area (TPSA) is 41.1 Å². The highest BCUT2D eigenvalue weighted by Gasteiger charge is 2.33. The normalized spacial score (nSPS) is 11.3. The highest BCUT2D eigenvalue weighted by atomic mass is 19.4. The van der Waals surface area contributed by atoms with Gasteiger partial charge in [-0.05, 0) is 0 Å². The lowest BCUT2D eigenvalue weighted by Crippen LogP contribution is -2.16. The molecular weight excluding hydrogens is 209 g/mol. The standard InChI is InChI=1S/C8H11F3N4/c1-12-7-13-5(8(9,10)11)4-6(14-7)15(2)3/h4H,1-3H3,(H,12,13,14). The van der Waals surface area contributed by atoms with E-state index in [0.29, 0.717) is 0 Å². The van der Waals surface area contributed by atoms with E-state index in [1.165, 1.54) is 11.9 Å². The van der Waals surface area contributed by atoms with Crippen LogP contribution >= 0.6 is 0 Å². The number of anilines is 2. The van der Waals surface area contributed by atoms with Crippen LogP contribution in [0.25, 0.3) is 0 Å². The van der Waals surface area contributed by atoms with Gasteiger partial charge in [0.15, 0.2) is 5.69 Å². The van der Waals surface area contributed by atoms with Crippen molar-refractivity contribution in [1.82, 2.24) is 9.97 Å². The fraction of sp³-hybridized carbons (Fsp3) is 0.500. The van der Waals surface area contributed by atoms with Crippen LogP contribution in [-0.4, -0.2) is 31.1 Å². The summed E-state index contributed by atoms with van der Waals surface area (Å²) in [4.78, 5) is 8.68. The van der Waals surface area contributed by atoms with Gasteiger partial charge in [0.05, 0.1) is 0 Å². The van der Waals surface area contributed by atoms with Gasteiger partial charge in [-0.25, -0.2) is 4.98 Å². The summed E-state index contributed by atoms with van der Waals surface area (Å²) in [5.74, 6) is 0.162. The lowest BCUT2D eigenvalue weighted by atomic mass is 10.3. The van der Waals surface area contributed by atoms with Crippen molar-refractivity contribution in [2.24, 2.45) is 0 Å². The zero-order chi connectivity index (χ0) is 11.6. The maximum Gasteiger partial charge on any atom is 0.433 e. The molecule has 0 aromatic carbocycles. The van der Waals surface area contributed by atoms with Crippen LogP contribution in [0.3, 0.4) is 0 Å². The second-order valence-electron chi connectivity index (χ2n) is 3.08. The molecule has 0 fully saturated rings. The van der Waals surface area contributed by atoms with E-state index in [4.69, 9.17) is 0 Å². The molecule has 1 aromatic heterocycles. The summed E-state index contributed by atoms with van der Waals surface area (Å²) in [5.41, 5.74) is -0.953. The minimum atomic E-state index is -4.46. The first-order valence-electron chi connectivity index (χ1n) is 4.16. The molecule has 0 aliphatic carbocycles. The lowest BCUT2D eigenvalue weighted by Gasteiger charge is -2.14. The summed E-state index contributed by atoms with van der Waals surface area (Å²) in [6.45, 7) is 0. The number of hydrogen-bond acceptors (Lipinski definition) is 4. The highest BCUT2D eigenvalue weighted by Crippen LogP contribution is 2.29. The zero-order valence-corrected chi connectivity index (χ0v) is 8.55. The molecule has 84 valence electrons. The Hall–Kier alpha value is -1.53. The van der Waals surface area contributed by atoms with Gasteiger partial charge in [0, 0.05) is 27.2 Å². The molecule has 1 heterocycles. The van der Waals surface area contributed by atoms with Crippen LogP contribution in [0.4, 0.5) is 24.9 Å². The Balaban J connectivity index is 3.23. The molecule has 1 rings (SSSR count). The third-order valence-corrected chi connectivity index (χ3v) is 1.68. The van der Waals surface area contributed by atoms with Crippen LogP contribution in [-0.2, 0) is 6.18 Å². The number of aromatic nitrogens is 2. The molecule has 0 spiro atoms. The van der Waals surface area contributed by atoms with Gasteiger partial charge in [0.1, 0.15) is 5.82 Å². The van der Waals surface area contributed by atoms with Gasteiger partial charge >= 0.3 is 6.18 Å². The number of alkyl halides is 3. The Morgan fingerprint density at radius 3 is 2.27 bits per heavy atom. The fourth-order valence-corrected chi connectivity index (χ4v) is 0.921. The smallest absolute Gasteiger partial charge is 0.363 e. The fourth-order valence-electron chi connectivity index (χ4n) is 0.921. The molecule has 0 unspecified atom stereocenters. The molecule has 0 bridgehead atoms. The van der Waals surface area contributed by atoms with Crippen molar-refractivity contribution >= 4 is 11.8 Å². The van der Waals surface area contributed by atoms with E-state index in [-0.39, 0.29) is 11.8 Å². The molecular formula is C8H11F3N4. The Morgan fingerprint density at radius 2 is 1.87 bits per heavy atom. The van der Waals surface area contributed by atoms with Gasteiger partial charge in [0.2, 0.25) is 5.95 Å². The Morgan fingerprint density at radius 1 is 1.27 bits per heavy atom. The maximum atomic E-state index is 12.4. The predicted molar refractivity (Wildman–Crippen MR) is 50.9 cm³/mol. The highest BCUT2D eigenvalue weighted by molar-refractivity contribution is 5.43. The first kappa shape index (κ1) is 11.5. The summed E-state index contributed by atoms with van der Waals surface area (Å²) in [6, 6.07) is 0.904. The van der Waals surface area contributed by atoms with Crippen molar-refractivity contribution in [3.63, 3.8) is 0 Å². The molecule has 0 aliphatic rings. The summed E-state index contributed by atoms with van der Waals surface area (Å²) < 4.78 is 37.2. The van der Waals surface area contributed by atoms with Gasteiger partial charge in [-0.3, -0.25) is 0 Å². The van der Waals surface area contributed by atoms with Crippen LogP contribution in [0.5, 0.6) is 0 Å². The molecule has 0 radical (unpaired) electrons. The molecule has 0 atom stereocenters. The van der Waals surface area contributed by atoms with E-state index in [1.54, 1.807) is 14.1 Å². The van der Waals surface area contributed by atoms with E-state index in [2.05, 4.69) is 15.3 Å². The molecule has 0 saturated carbocycles. The molecule has 0 aliphatic heterocycles. The summed E-state index contributed by atoms with van der Waals surface area (Å²) >= 11 is 0. The minimum absolute atomic E-state index is 0.0477. The average Bonchev–Trinajstić information content (AvgIpc) is 2.15. The van der Waals surface area contributed by atoms with E-state index < -0.39 is 11.9 Å². The van der Waals surface area contributed by atoms with Crippen LogP contribution in [0.15, 0.2) is 6.07 Å². The number of rotatable bonds is 2. The first-order valence-corrected chi connectivity index (χ1v) is 4.16. The molecule has 0 amide bonds. The molecule has 1 N–H and O–H groups in total. The average molecular weight is 220 g/mol. The van der Waals surface area contributed by atoms with Crippen LogP contribution in [0.2, 0.25) is 0 Å². The van der Waals surface area contributed by atoms with Crippen molar-refractivity contribution in [2.75, 3.05) is 31.4 Å². The molecule has 7 heteroatoms. The maximum absolute atomic E-state index is 12.4. The van der Waals surface area contributed by atoms with E-state index in [0.717, 1.165) is 6.07 Å². The van der Waals surface area contributed by atoms with Crippen molar-refractivity contribution < 1.29 is 13.2 Å². The Labute approximate surface area is 85.1 Å². The largest absolute Gasteiger partial charge is 0.433 e. The van der Waals surface area contributed by atoms with Crippen molar-refractivity contribution in [3.8, 4) is 0 Å².